The Hall–Kier alpha value is -3.95. The summed E-state index contributed by atoms with van der Waals surface area (Å²) in [6.45, 7) is 2.04. The van der Waals surface area contributed by atoms with Crippen LogP contribution in [0.2, 0.25) is 0 Å². The minimum Gasteiger partial charge on any atom is -0.507 e. The van der Waals surface area contributed by atoms with Gasteiger partial charge in [0.25, 0.3) is 0 Å². The van der Waals surface area contributed by atoms with Crippen LogP contribution in [0.15, 0.2) is 89.4 Å². The van der Waals surface area contributed by atoms with Crippen LogP contribution in [0.4, 0.5) is 5.13 Å². The SMILES string of the molecule is Cc1ccc(-c2csc(NC(=O)CSc3nnc(-c4ccccc4O)n3-c3ccccc3)n2)cc1. The highest BCUT2D eigenvalue weighted by Crippen LogP contribution is 2.32. The maximum atomic E-state index is 12.7. The third-order valence-corrected chi connectivity index (χ3v) is 6.91. The van der Waals surface area contributed by atoms with E-state index < -0.39 is 0 Å². The summed E-state index contributed by atoms with van der Waals surface area (Å²) in [6.07, 6.45) is 0. The number of rotatable bonds is 7. The summed E-state index contributed by atoms with van der Waals surface area (Å²) < 4.78 is 1.84. The molecule has 0 spiro atoms. The quantitative estimate of drug-likeness (QED) is 0.275. The van der Waals surface area contributed by atoms with E-state index in [1.165, 1.54) is 28.7 Å². The van der Waals surface area contributed by atoms with E-state index in [2.05, 4.69) is 20.5 Å². The van der Waals surface area contributed by atoms with Crippen LogP contribution < -0.4 is 5.32 Å². The van der Waals surface area contributed by atoms with Gasteiger partial charge in [0.15, 0.2) is 16.1 Å². The number of amides is 1. The number of benzene rings is 3. The molecule has 0 unspecified atom stereocenters. The van der Waals surface area contributed by atoms with E-state index in [-0.39, 0.29) is 17.4 Å². The van der Waals surface area contributed by atoms with Crippen molar-refractivity contribution in [3.8, 4) is 34.1 Å². The number of hydrogen-bond donors (Lipinski definition) is 2. The Morgan fingerprint density at radius 2 is 1.74 bits per heavy atom. The summed E-state index contributed by atoms with van der Waals surface area (Å²) >= 11 is 2.66. The van der Waals surface area contributed by atoms with Gasteiger partial charge in [-0.3, -0.25) is 9.36 Å². The van der Waals surface area contributed by atoms with E-state index in [1.807, 2.05) is 77.5 Å². The Bertz CT molecular complexity index is 1460. The molecule has 0 atom stereocenters. The van der Waals surface area contributed by atoms with Crippen molar-refractivity contribution in [3.63, 3.8) is 0 Å². The monoisotopic (exact) mass is 499 g/mol. The number of anilines is 1. The normalized spacial score (nSPS) is 10.9. The highest BCUT2D eigenvalue weighted by atomic mass is 32.2. The molecule has 2 aromatic heterocycles. The molecule has 174 valence electrons. The zero-order valence-corrected chi connectivity index (χ0v) is 20.4. The van der Waals surface area contributed by atoms with E-state index >= 15 is 0 Å². The second kappa shape index (κ2) is 10.1. The number of thiazole rings is 1. The maximum absolute atomic E-state index is 12.7. The van der Waals surface area contributed by atoms with Crippen molar-refractivity contribution < 1.29 is 9.90 Å². The minimum atomic E-state index is -0.188. The lowest BCUT2D eigenvalue weighted by Gasteiger charge is -2.11. The fourth-order valence-corrected chi connectivity index (χ4v) is 4.97. The second-order valence-electron chi connectivity index (χ2n) is 7.74. The molecule has 9 heteroatoms. The number of phenolic OH excluding ortho intramolecular Hbond substituents is 1. The predicted molar refractivity (Wildman–Crippen MR) is 140 cm³/mol. The van der Waals surface area contributed by atoms with Gasteiger partial charge in [0, 0.05) is 16.6 Å². The Balaban J connectivity index is 1.33. The van der Waals surface area contributed by atoms with Crippen molar-refractivity contribution >= 4 is 34.1 Å². The van der Waals surface area contributed by atoms with Crippen LogP contribution in [-0.4, -0.2) is 36.5 Å². The average molecular weight is 500 g/mol. The average Bonchev–Trinajstić information content (AvgIpc) is 3.51. The fourth-order valence-electron chi connectivity index (χ4n) is 3.48. The predicted octanol–water partition coefficient (Wildman–Crippen LogP) is 5.80. The van der Waals surface area contributed by atoms with E-state index in [9.17, 15) is 9.90 Å². The van der Waals surface area contributed by atoms with Crippen molar-refractivity contribution in [3.05, 3.63) is 89.8 Å². The van der Waals surface area contributed by atoms with Gasteiger partial charge in [-0.05, 0) is 31.2 Å². The molecule has 0 bridgehead atoms. The molecule has 5 aromatic rings. The molecular weight excluding hydrogens is 478 g/mol. The van der Waals surface area contributed by atoms with Crippen molar-refractivity contribution in [1.82, 2.24) is 19.7 Å². The van der Waals surface area contributed by atoms with Crippen molar-refractivity contribution in [2.45, 2.75) is 12.1 Å². The van der Waals surface area contributed by atoms with Crippen LogP contribution in [0.1, 0.15) is 5.56 Å². The second-order valence-corrected chi connectivity index (χ2v) is 9.54. The molecular formula is C26H21N5O2S2. The highest BCUT2D eigenvalue weighted by Gasteiger charge is 2.19. The maximum Gasteiger partial charge on any atom is 0.236 e. The molecule has 1 amide bonds. The first kappa shape index (κ1) is 22.8. The number of aromatic hydroxyl groups is 1. The summed E-state index contributed by atoms with van der Waals surface area (Å²) in [4.78, 5) is 17.2. The van der Waals surface area contributed by atoms with Crippen molar-refractivity contribution in [2.24, 2.45) is 0 Å². The molecule has 7 nitrogen and oxygen atoms in total. The van der Waals surface area contributed by atoms with Crippen LogP contribution in [0.25, 0.3) is 28.3 Å². The molecule has 0 aliphatic rings. The lowest BCUT2D eigenvalue weighted by Crippen LogP contribution is -2.14. The van der Waals surface area contributed by atoms with Gasteiger partial charge in [0.2, 0.25) is 5.91 Å². The highest BCUT2D eigenvalue weighted by molar-refractivity contribution is 7.99. The first-order chi connectivity index (χ1) is 17.1. The van der Waals surface area contributed by atoms with Gasteiger partial charge >= 0.3 is 0 Å². The first-order valence-corrected chi connectivity index (χ1v) is 12.7. The topological polar surface area (TPSA) is 92.9 Å². The van der Waals surface area contributed by atoms with Crippen molar-refractivity contribution in [2.75, 3.05) is 11.1 Å². The molecule has 5 rings (SSSR count). The van der Waals surface area contributed by atoms with Gasteiger partial charge in [-0.25, -0.2) is 4.98 Å². The summed E-state index contributed by atoms with van der Waals surface area (Å²) in [5.41, 5.74) is 4.42. The number of carbonyl (C=O) groups is 1. The molecule has 0 saturated heterocycles. The van der Waals surface area contributed by atoms with E-state index in [0.717, 1.165) is 16.9 Å². The van der Waals surface area contributed by atoms with Gasteiger partial charge in [-0.2, -0.15) is 0 Å². The van der Waals surface area contributed by atoms with Crippen LogP contribution in [-0.2, 0) is 4.79 Å². The van der Waals surface area contributed by atoms with Crippen molar-refractivity contribution in [1.29, 1.82) is 0 Å². The minimum absolute atomic E-state index is 0.111. The largest absolute Gasteiger partial charge is 0.507 e. The number of phenols is 1. The number of aromatic nitrogens is 4. The fraction of sp³-hybridized carbons (Fsp3) is 0.0769. The van der Waals surface area contributed by atoms with Crippen LogP contribution in [0.3, 0.4) is 0 Å². The van der Waals surface area contributed by atoms with Gasteiger partial charge in [0.05, 0.1) is 17.0 Å². The Kier molecular flexibility index (Phi) is 6.60. The number of para-hydroxylation sites is 2. The van der Waals surface area contributed by atoms with Gasteiger partial charge in [-0.1, -0.05) is 71.9 Å². The van der Waals surface area contributed by atoms with Gasteiger partial charge < -0.3 is 10.4 Å². The molecule has 2 N–H and O–H groups in total. The first-order valence-electron chi connectivity index (χ1n) is 10.8. The molecule has 0 radical (unpaired) electrons. The smallest absolute Gasteiger partial charge is 0.236 e. The zero-order chi connectivity index (χ0) is 24.2. The summed E-state index contributed by atoms with van der Waals surface area (Å²) in [7, 11) is 0. The number of nitrogens with zero attached hydrogens (tertiary/aromatic N) is 4. The Morgan fingerprint density at radius 1 is 1.00 bits per heavy atom. The molecule has 2 heterocycles. The molecule has 0 fully saturated rings. The van der Waals surface area contributed by atoms with Crippen LogP contribution >= 0.6 is 23.1 Å². The Morgan fingerprint density at radius 3 is 2.51 bits per heavy atom. The third-order valence-electron chi connectivity index (χ3n) is 5.22. The summed E-state index contributed by atoms with van der Waals surface area (Å²) in [6, 6.07) is 24.7. The number of thioether (sulfide) groups is 1. The summed E-state index contributed by atoms with van der Waals surface area (Å²) in [5, 5.41) is 24.9. The molecule has 0 aliphatic carbocycles. The van der Waals surface area contributed by atoms with Gasteiger partial charge in [0.1, 0.15) is 5.75 Å². The van der Waals surface area contributed by atoms with Crippen LogP contribution in [0, 0.1) is 6.92 Å². The van der Waals surface area contributed by atoms with E-state index in [4.69, 9.17) is 0 Å². The number of nitrogens with one attached hydrogen (secondary N) is 1. The van der Waals surface area contributed by atoms with Gasteiger partial charge in [-0.15, -0.1) is 21.5 Å². The standard InChI is InChI=1S/C26H21N5O2S2/c1-17-11-13-18(14-12-17)21-15-34-25(27-21)28-23(33)16-35-26-30-29-24(20-9-5-6-10-22(20)32)31(26)19-7-3-2-4-8-19/h2-15,32H,16H2,1H3,(H,27,28,33). The molecule has 3 aromatic carbocycles. The number of hydrogen-bond acceptors (Lipinski definition) is 7. The number of aryl methyl sites for hydroxylation is 1. The molecule has 0 saturated carbocycles. The lowest BCUT2D eigenvalue weighted by atomic mass is 10.1. The molecule has 0 aliphatic heterocycles. The Labute approximate surface area is 210 Å². The zero-order valence-electron chi connectivity index (χ0n) is 18.8. The van der Waals surface area contributed by atoms with E-state index in [0.29, 0.717) is 21.7 Å². The molecule has 35 heavy (non-hydrogen) atoms. The lowest BCUT2D eigenvalue weighted by molar-refractivity contribution is -0.113. The number of carbonyl (C=O) groups excluding carboxylic acids is 1. The third kappa shape index (κ3) is 5.11. The van der Waals surface area contributed by atoms with E-state index in [1.54, 1.807) is 18.2 Å². The summed E-state index contributed by atoms with van der Waals surface area (Å²) in [5.74, 6) is 0.552. The van der Waals surface area contributed by atoms with Crippen LogP contribution in [0.5, 0.6) is 5.75 Å².